The molecule has 0 aliphatic rings. The largest absolute Gasteiger partial charge is 0.496 e. The minimum atomic E-state index is 0.643. The van der Waals surface area contributed by atoms with Gasteiger partial charge in [0.05, 0.1) is 7.11 Å². The summed E-state index contributed by atoms with van der Waals surface area (Å²) in [6.07, 6.45) is 1.64. The fraction of sp³-hybridized carbons (Fsp3) is 0.286. The van der Waals surface area contributed by atoms with Gasteiger partial charge < -0.3 is 10.2 Å². The predicted octanol–water partition coefficient (Wildman–Crippen LogP) is 0.684. The lowest BCUT2D eigenvalue weighted by atomic mass is 10.2. The first-order valence-electron chi connectivity index (χ1n) is 3.25. The minimum absolute atomic E-state index is 0.643. The summed E-state index contributed by atoms with van der Waals surface area (Å²) in [7, 11) is 1.61. The maximum atomic E-state index is 5.21. The molecule has 0 amide bonds. The van der Waals surface area contributed by atoms with Crippen LogP contribution in [-0.2, 0) is 0 Å². The second-order valence-corrected chi connectivity index (χ2v) is 2.13. The van der Waals surface area contributed by atoms with E-state index >= 15 is 0 Å². The van der Waals surface area contributed by atoms with Crippen molar-refractivity contribution in [2.24, 2.45) is 5.84 Å². The average molecular weight is 153 g/mol. The number of nitrogens with zero attached hydrogens (tertiary/aromatic N) is 1. The summed E-state index contributed by atoms with van der Waals surface area (Å²) in [5, 5.41) is 0. The molecule has 1 rings (SSSR count). The maximum absolute atomic E-state index is 5.21. The number of aromatic nitrogens is 1. The number of hydrazine groups is 1. The van der Waals surface area contributed by atoms with E-state index in [-0.39, 0.29) is 0 Å². The van der Waals surface area contributed by atoms with Crippen LogP contribution >= 0.6 is 0 Å². The first-order chi connectivity index (χ1) is 5.29. The van der Waals surface area contributed by atoms with Crippen LogP contribution in [0.4, 0.5) is 5.82 Å². The molecule has 0 atom stereocenters. The van der Waals surface area contributed by atoms with Crippen LogP contribution in [0.1, 0.15) is 5.56 Å². The summed E-state index contributed by atoms with van der Waals surface area (Å²) in [5.74, 6) is 6.63. The van der Waals surface area contributed by atoms with Crippen LogP contribution in [0.15, 0.2) is 12.3 Å². The molecule has 0 aliphatic carbocycles. The van der Waals surface area contributed by atoms with Crippen molar-refractivity contribution in [2.45, 2.75) is 6.92 Å². The van der Waals surface area contributed by atoms with E-state index in [0.29, 0.717) is 5.82 Å². The number of rotatable bonds is 2. The number of nitrogens with one attached hydrogen (secondary N) is 1. The molecule has 4 nitrogen and oxygen atoms in total. The molecular weight excluding hydrogens is 142 g/mol. The van der Waals surface area contributed by atoms with Crippen molar-refractivity contribution >= 4 is 5.82 Å². The Hall–Kier alpha value is -1.29. The second-order valence-electron chi connectivity index (χ2n) is 2.13. The van der Waals surface area contributed by atoms with Gasteiger partial charge >= 0.3 is 0 Å². The average Bonchev–Trinajstić information content (AvgIpc) is 2.05. The molecular formula is C7H11N3O. The van der Waals surface area contributed by atoms with Crippen LogP contribution in [0.5, 0.6) is 5.75 Å². The number of pyridine rings is 1. The predicted molar refractivity (Wildman–Crippen MR) is 43.3 cm³/mol. The molecule has 0 aromatic carbocycles. The Balaban J connectivity index is 3.10. The van der Waals surface area contributed by atoms with Crippen molar-refractivity contribution in [1.29, 1.82) is 0 Å². The molecule has 0 saturated carbocycles. The third-order valence-corrected chi connectivity index (χ3v) is 1.51. The molecule has 3 N–H and O–H groups in total. The molecule has 0 spiro atoms. The third-order valence-electron chi connectivity index (χ3n) is 1.51. The van der Waals surface area contributed by atoms with Crippen molar-refractivity contribution in [3.63, 3.8) is 0 Å². The van der Waals surface area contributed by atoms with Crippen LogP contribution < -0.4 is 16.0 Å². The Kier molecular flexibility index (Phi) is 2.28. The zero-order chi connectivity index (χ0) is 8.27. The summed E-state index contributed by atoms with van der Waals surface area (Å²) in [4.78, 5) is 3.99. The molecule has 1 heterocycles. The van der Waals surface area contributed by atoms with Gasteiger partial charge in [-0.2, -0.15) is 0 Å². The van der Waals surface area contributed by atoms with Gasteiger partial charge in [0, 0.05) is 11.8 Å². The van der Waals surface area contributed by atoms with Gasteiger partial charge in [-0.15, -0.1) is 0 Å². The number of nitrogens with two attached hydrogens (primary N) is 1. The molecule has 0 radical (unpaired) electrons. The quantitative estimate of drug-likeness (QED) is 0.484. The molecule has 1 aromatic rings. The van der Waals surface area contributed by atoms with E-state index in [1.54, 1.807) is 19.4 Å². The normalized spacial score (nSPS) is 9.36. The molecule has 60 valence electrons. The topological polar surface area (TPSA) is 60.2 Å². The van der Waals surface area contributed by atoms with Gasteiger partial charge in [-0.3, -0.25) is 0 Å². The Labute approximate surface area is 65.4 Å². The van der Waals surface area contributed by atoms with Crippen molar-refractivity contribution in [2.75, 3.05) is 12.5 Å². The van der Waals surface area contributed by atoms with Crippen LogP contribution in [0.25, 0.3) is 0 Å². The number of ether oxygens (including phenoxy) is 1. The first-order valence-corrected chi connectivity index (χ1v) is 3.25. The molecule has 4 heteroatoms. The lowest BCUT2D eigenvalue weighted by Gasteiger charge is -2.07. The molecule has 0 saturated heterocycles. The minimum Gasteiger partial charge on any atom is -0.496 e. The van der Waals surface area contributed by atoms with E-state index < -0.39 is 0 Å². The Bertz CT molecular complexity index is 227. The van der Waals surface area contributed by atoms with Crippen LogP contribution in [0.3, 0.4) is 0 Å². The van der Waals surface area contributed by atoms with E-state index in [9.17, 15) is 0 Å². The van der Waals surface area contributed by atoms with E-state index in [0.717, 1.165) is 11.3 Å². The van der Waals surface area contributed by atoms with Crippen molar-refractivity contribution in [3.8, 4) is 5.75 Å². The van der Waals surface area contributed by atoms with Gasteiger partial charge in [0.2, 0.25) is 0 Å². The van der Waals surface area contributed by atoms with Crippen molar-refractivity contribution in [1.82, 2.24) is 4.98 Å². The summed E-state index contributed by atoms with van der Waals surface area (Å²) in [6.45, 7) is 1.89. The van der Waals surface area contributed by atoms with Crippen LogP contribution in [-0.4, -0.2) is 12.1 Å². The van der Waals surface area contributed by atoms with Crippen LogP contribution in [0, 0.1) is 6.92 Å². The number of hydrogen-bond donors (Lipinski definition) is 2. The Morgan fingerprint density at radius 1 is 1.64 bits per heavy atom. The number of hydrogen-bond acceptors (Lipinski definition) is 4. The summed E-state index contributed by atoms with van der Waals surface area (Å²) >= 11 is 0. The lowest BCUT2D eigenvalue weighted by Crippen LogP contribution is -2.10. The highest BCUT2D eigenvalue weighted by molar-refractivity contribution is 5.49. The Morgan fingerprint density at radius 2 is 2.36 bits per heavy atom. The molecule has 0 aliphatic heterocycles. The number of methoxy groups -OCH3 is 1. The van der Waals surface area contributed by atoms with Gasteiger partial charge in [-0.05, 0) is 13.0 Å². The second kappa shape index (κ2) is 3.21. The summed E-state index contributed by atoms with van der Waals surface area (Å²) in [6, 6.07) is 1.79. The highest BCUT2D eigenvalue weighted by Gasteiger charge is 2.02. The van der Waals surface area contributed by atoms with Gasteiger partial charge in [0.15, 0.2) is 0 Å². The lowest BCUT2D eigenvalue weighted by molar-refractivity contribution is 0.411. The van der Waals surface area contributed by atoms with E-state index in [1.165, 1.54) is 0 Å². The van der Waals surface area contributed by atoms with Crippen LogP contribution in [0.2, 0.25) is 0 Å². The number of nitrogen functional groups attached to an aromatic ring is 1. The van der Waals surface area contributed by atoms with Gasteiger partial charge in [0.25, 0.3) is 0 Å². The monoisotopic (exact) mass is 153 g/mol. The first kappa shape index (κ1) is 7.81. The highest BCUT2D eigenvalue weighted by Crippen LogP contribution is 2.21. The summed E-state index contributed by atoms with van der Waals surface area (Å²) in [5.41, 5.74) is 3.39. The highest BCUT2D eigenvalue weighted by atomic mass is 16.5. The van der Waals surface area contributed by atoms with E-state index in [1.807, 2.05) is 6.92 Å². The molecule has 1 aromatic heterocycles. The fourth-order valence-electron chi connectivity index (χ4n) is 0.885. The van der Waals surface area contributed by atoms with Crippen molar-refractivity contribution in [3.05, 3.63) is 17.8 Å². The molecule has 0 fully saturated rings. The maximum Gasteiger partial charge on any atom is 0.146 e. The Morgan fingerprint density at radius 3 is 2.91 bits per heavy atom. The van der Waals surface area contributed by atoms with E-state index in [4.69, 9.17) is 10.6 Å². The van der Waals surface area contributed by atoms with Crippen molar-refractivity contribution < 1.29 is 4.74 Å². The third kappa shape index (κ3) is 1.40. The molecule has 11 heavy (non-hydrogen) atoms. The number of anilines is 1. The molecule has 0 unspecified atom stereocenters. The summed E-state index contributed by atoms with van der Waals surface area (Å²) < 4.78 is 5.05. The SMILES string of the molecule is COc1ccnc(NN)c1C. The van der Waals surface area contributed by atoms with E-state index in [2.05, 4.69) is 10.4 Å². The molecule has 0 bridgehead atoms. The standard InChI is InChI=1S/C7H11N3O/c1-5-6(11-2)3-4-9-7(5)10-8/h3-4H,8H2,1-2H3,(H,9,10). The van der Waals surface area contributed by atoms with Gasteiger partial charge in [0.1, 0.15) is 11.6 Å². The smallest absolute Gasteiger partial charge is 0.146 e. The zero-order valence-corrected chi connectivity index (χ0v) is 6.59. The van der Waals surface area contributed by atoms with Gasteiger partial charge in [-0.25, -0.2) is 10.8 Å². The van der Waals surface area contributed by atoms with Gasteiger partial charge in [-0.1, -0.05) is 0 Å². The zero-order valence-electron chi connectivity index (χ0n) is 6.59. The fourth-order valence-corrected chi connectivity index (χ4v) is 0.885.